The van der Waals surface area contributed by atoms with Crippen LogP contribution in [-0.2, 0) is 16.6 Å². The van der Waals surface area contributed by atoms with Gasteiger partial charge in [-0.25, -0.2) is 17.8 Å². The van der Waals surface area contributed by atoms with Gasteiger partial charge in [0.25, 0.3) is 0 Å². The molecule has 1 aromatic heterocycles. The van der Waals surface area contributed by atoms with Crippen LogP contribution in [0.4, 0.5) is 21.5 Å². The molecule has 3 aromatic carbocycles. The first-order valence-electron chi connectivity index (χ1n) is 12.9. The van der Waals surface area contributed by atoms with Crippen LogP contribution in [0.3, 0.4) is 0 Å². The minimum atomic E-state index is -3.51. The average Bonchev–Trinajstić information content (AvgIpc) is 3.37. The topological polar surface area (TPSA) is 146 Å². The predicted molar refractivity (Wildman–Crippen MR) is 159 cm³/mol. The summed E-state index contributed by atoms with van der Waals surface area (Å²) in [7, 11) is -3.51. The monoisotopic (exact) mass is 580 g/mol. The fourth-order valence-corrected chi connectivity index (χ4v) is 4.79. The maximum Gasteiger partial charge on any atom is 0.229 e. The zero-order valence-electron chi connectivity index (χ0n) is 23.2. The zero-order chi connectivity index (χ0) is 29.7. The van der Waals surface area contributed by atoms with E-state index in [1.807, 2.05) is 20.8 Å². The van der Waals surface area contributed by atoms with Crippen LogP contribution in [0, 0.1) is 11.2 Å². The Morgan fingerprint density at radius 2 is 1.88 bits per heavy atom. The van der Waals surface area contributed by atoms with Crippen molar-refractivity contribution in [3.8, 4) is 22.8 Å². The third-order valence-corrected chi connectivity index (χ3v) is 6.49. The number of halogens is 1. The number of ether oxygens (including phenoxy) is 2. The molecule has 4 rings (SSSR count). The number of nitrogen functional groups attached to an aromatic ring is 1. The van der Waals surface area contributed by atoms with Crippen molar-refractivity contribution in [1.82, 2.24) is 9.97 Å². The lowest BCUT2D eigenvalue weighted by Gasteiger charge is -2.26. The van der Waals surface area contributed by atoms with E-state index in [-0.39, 0.29) is 29.9 Å². The van der Waals surface area contributed by atoms with E-state index in [4.69, 9.17) is 20.6 Å². The molecule has 0 radical (unpaired) electrons. The molecule has 1 heterocycles. The first-order chi connectivity index (χ1) is 19.4. The maximum absolute atomic E-state index is 16.0. The second-order valence-electron chi connectivity index (χ2n) is 9.56. The number of H-pyrrole nitrogens is 1. The summed E-state index contributed by atoms with van der Waals surface area (Å²) in [5.41, 5.74) is 8.54. The Labute approximate surface area is 238 Å². The van der Waals surface area contributed by atoms with Crippen molar-refractivity contribution in [2.24, 2.45) is 5.73 Å². The Kier molecular flexibility index (Phi) is 8.82. The Morgan fingerprint density at radius 1 is 1.17 bits per heavy atom. The molecule has 0 unspecified atom stereocenters. The summed E-state index contributed by atoms with van der Waals surface area (Å²) in [5, 5.41) is 7.73. The number of anilines is 3. The summed E-state index contributed by atoms with van der Waals surface area (Å²) in [6, 6.07) is 16.9. The minimum Gasteiger partial charge on any atom is -0.494 e. The van der Waals surface area contributed by atoms with Gasteiger partial charge in [-0.3, -0.25) is 10.1 Å². The van der Waals surface area contributed by atoms with Crippen LogP contribution < -0.4 is 24.8 Å². The highest BCUT2D eigenvalue weighted by atomic mass is 32.2. The lowest BCUT2D eigenvalue weighted by Crippen LogP contribution is -2.20. The molecule has 0 amide bonds. The molecule has 0 saturated carbocycles. The molecule has 10 nitrogen and oxygen atoms in total. The molecule has 0 aliphatic carbocycles. The summed E-state index contributed by atoms with van der Waals surface area (Å²) in [6.07, 6.45) is 2.40. The third kappa shape index (κ3) is 7.34. The number of rotatable bonds is 12. The zero-order valence-corrected chi connectivity index (χ0v) is 24.0. The van der Waals surface area contributed by atoms with Gasteiger partial charge in [0.15, 0.2) is 11.6 Å². The summed E-state index contributed by atoms with van der Waals surface area (Å²) in [5.74, 6) is 0.306. The van der Waals surface area contributed by atoms with E-state index >= 15 is 4.39 Å². The molecule has 0 aliphatic heterocycles. The number of sulfonamides is 1. The molecule has 41 heavy (non-hydrogen) atoms. The number of nitrogens with zero attached hydrogens (tertiary/aromatic N) is 2. The quantitative estimate of drug-likeness (QED) is 0.130. The van der Waals surface area contributed by atoms with Crippen molar-refractivity contribution in [1.29, 1.82) is 5.41 Å². The van der Waals surface area contributed by atoms with Crippen molar-refractivity contribution in [3.63, 3.8) is 0 Å². The van der Waals surface area contributed by atoms with Crippen molar-refractivity contribution < 1.29 is 22.3 Å². The van der Waals surface area contributed by atoms with Crippen LogP contribution >= 0.6 is 0 Å². The first-order valence-corrected chi connectivity index (χ1v) is 14.8. The van der Waals surface area contributed by atoms with Crippen molar-refractivity contribution in [2.75, 3.05) is 22.5 Å². The Balaban J connectivity index is 1.80. The molecule has 0 bridgehead atoms. The number of imidazole rings is 1. The van der Waals surface area contributed by atoms with Gasteiger partial charge in [-0.15, -0.1) is 0 Å². The Hall–Kier alpha value is -4.58. The van der Waals surface area contributed by atoms with E-state index in [0.29, 0.717) is 46.4 Å². The van der Waals surface area contributed by atoms with E-state index in [1.165, 1.54) is 6.07 Å². The number of aromatic nitrogens is 2. The van der Waals surface area contributed by atoms with Crippen LogP contribution in [0.1, 0.15) is 32.2 Å². The molecule has 12 heteroatoms. The van der Waals surface area contributed by atoms with Crippen molar-refractivity contribution in [3.05, 3.63) is 84.1 Å². The summed E-state index contributed by atoms with van der Waals surface area (Å²) in [4.78, 5) is 9.45. The minimum absolute atomic E-state index is 0.0483. The fourth-order valence-electron chi connectivity index (χ4n) is 4.22. The van der Waals surface area contributed by atoms with Gasteiger partial charge in [0.05, 0.1) is 48.8 Å². The molecule has 0 saturated heterocycles. The van der Waals surface area contributed by atoms with E-state index in [0.717, 1.165) is 6.26 Å². The molecule has 0 aliphatic rings. The number of hydrogen-bond acceptors (Lipinski definition) is 7. The van der Waals surface area contributed by atoms with Gasteiger partial charge < -0.3 is 25.1 Å². The Morgan fingerprint density at radius 3 is 2.51 bits per heavy atom. The number of benzene rings is 3. The molecule has 216 valence electrons. The van der Waals surface area contributed by atoms with Gasteiger partial charge in [0, 0.05) is 28.9 Å². The Bertz CT molecular complexity index is 1640. The van der Waals surface area contributed by atoms with Gasteiger partial charge in [0.2, 0.25) is 10.0 Å². The fraction of sp³-hybridized carbons (Fsp3) is 0.241. The van der Waals surface area contributed by atoms with Gasteiger partial charge in [0.1, 0.15) is 17.4 Å². The number of hydrogen-bond donors (Lipinski definition) is 4. The van der Waals surface area contributed by atoms with Gasteiger partial charge in [-0.05, 0) is 51.1 Å². The lowest BCUT2D eigenvalue weighted by molar-refractivity contribution is 0.229. The predicted octanol–water partition coefficient (Wildman–Crippen LogP) is 5.40. The highest BCUT2D eigenvalue weighted by molar-refractivity contribution is 7.92. The van der Waals surface area contributed by atoms with Crippen molar-refractivity contribution in [2.45, 2.75) is 33.4 Å². The first kappa shape index (κ1) is 29.4. The number of para-hydroxylation sites is 1. The van der Waals surface area contributed by atoms with E-state index in [1.54, 1.807) is 65.7 Å². The van der Waals surface area contributed by atoms with Gasteiger partial charge in [-0.1, -0.05) is 18.2 Å². The second-order valence-corrected chi connectivity index (χ2v) is 11.3. The summed E-state index contributed by atoms with van der Waals surface area (Å²) in [6.45, 7) is 5.94. The largest absolute Gasteiger partial charge is 0.494 e. The van der Waals surface area contributed by atoms with Crippen LogP contribution in [0.25, 0.3) is 11.3 Å². The van der Waals surface area contributed by atoms with E-state index in [9.17, 15) is 8.42 Å². The summed E-state index contributed by atoms with van der Waals surface area (Å²) >= 11 is 0. The number of amidine groups is 1. The van der Waals surface area contributed by atoms with E-state index < -0.39 is 15.8 Å². The normalized spacial score (nSPS) is 11.4. The molecular formula is C29H33FN6O4S. The maximum atomic E-state index is 16.0. The lowest BCUT2D eigenvalue weighted by atomic mass is 10.1. The highest BCUT2D eigenvalue weighted by Crippen LogP contribution is 2.38. The number of nitrogens with one attached hydrogen (secondary N) is 3. The molecule has 5 N–H and O–H groups in total. The van der Waals surface area contributed by atoms with Crippen LogP contribution in [0.2, 0.25) is 0 Å². The SMILES string of the molecule is CCOc1cc(OC(C)C)c(F)c(N(Cc2ncc(-c3ccccc3NS(C)(=O)=O)[nH]2)c2ccc(C(=N)N)cc2)c1. The van der Waals surface area contributed by atoms with Crippen LogP contribution in [-0.4, -0.2) is 43.2 Å². The van der Waals surface area contributed by atoms with Gasteiger partial charge in [-0.2, -0.15) is 0 Å². The number of nitrogens with two attached hydrogens (primary N) is 1. The van der Waals surface area contributed by atoms with Crippen molar-refractivity contribution >= 4 is 32.9 Å². The molecule has 0 spiro atoms. The molecule has 0 atom stereocenters. The van der Waals surface area contributed by atoms with E-state index in [2.05, 4.69) is 14.7 Å². The standard InChI is InChI=1S/C29H33FN6O4S/c1-5-39-21-14-25(28(30)26(15-21)40-18(2)3)36(20-12-10-19(11-13-20)29(31)32)17-27-33-16-24(34-27)22-8-6-7-9-23(22)35-41(4,37)38/h6-16,18,35H,5,17H2,1-4H3,(H3,31,32)(H,33,34). The van der Waals surface area contributed by atoms with Crippen LogP contribution in [0.5, 0.6) is 11.5 Å². The second kappa shape index (κ2) is 12.3. The smallest absolute Gasteiger partial charge is 0.229 e. The summed E-state index contributed by atoms with van der Waals surface area (Å²) < 4.78 is 53.8. The molecular weight excluding hydrogens is 547 g/mol. The average molecular weight is 581 g/mol. The highest BCUT2D eigenvalue weighted by Gasteiger charge is 2.22. The third-order valence-electron chi connectivity index (χ3n) is 5.90. The van der Waals surface area contributed by atoms with Crippen LogP contribution in [0.15, 0.2) is 66.9 Å². The van der Waals surface area contributed by atoms with Gasteiger partial charge >= 0.3 is 0 Å². The number of aromatic amines is 1. The molecule has 0 fully saturated rings. The molecule has 4 aromatic rings.